The van der Waals surface area contributed by atoms with Crippen LogP contribution in [0.1, 0.15) is 31.4 Å². The molecule has 0 spiro atoms. The molecule has 1 saturated heterocycles. The lowest BCUT2D eigenvalue weighted by Crippen LogP contribution is -2.57. The highest BCUT2D eigenvalue weighted by molar-refractivity contribution is 6.30. The lowest BCUT2D eigenvalue weighted by Gasteiger charge is -2.33. The number of benzene rings is 1. The quantitative estimate of drug-likeness (QED) is 0.891. The summed E-state index contributed by atoms with van der Waals surface area (Å²) in [5.41, 5.74) is 5.95. The first kappa shape index (κ1) is 18.2. The monoisotopic (exact) mass is 336 g/mol. The molecule has 1 amide bonds. The van der Waals surface area contributed by atoms with Crippen LogP contribution in [0.5, 0.6) is 0 Å². The number of hydrogen-bond acceptors (Lipinski definition) is 3. The Balaban J connectivity index is 0.00000220. The molecule has 7 heteroatoms. The topological polar surface area (TPSA) is 64.4 Å². The van der Waals surface area contributed by atoms with Gasteiger partial charge in [-0.1, -0.05) is 17.7 Å². The Morgan fingerprint density at radius 2 is 2.10 bits per heavy atom. The van der Waals surface area contributed by atoms with Crippen molar-refractivity contribution in [3.63, 3.8) is 0 Å². The van der Waals surface area contributed by atoms with Crippen LogP contribution in [0.3, 0.4) is 0 Å². The van der Waals surface area contributed by atoms with Gasteiger partial charge in [0, 0.05) is 13.2 Å². The predicted octanol–water partition coefficient (Wildman–Crippen LogP) is 2.59. The fourth-order valence-electron chi connectivity index (χ4n) is 2.17. The first-order valence-electron chi connectivity index (χ1n) is 6.55. The zero-order valence-corrected chi connectivity index (χ0v) is 13.3. The van der Waals surface area contributed by atoms with E-state index < -0.39 is 11.4 Å². The molecule has 21 heavy (non-hydrogen) atoms. The molecule has 1 unspecified atom stereocenters. The van der Waals surface area contributed by atoms with Crippen molar-refractivity contribution in [1.82, 2.24) is 5.32 Å². The first-order valence-corrected chi connectivity index (χ1v) is 6.93. The van der Waals surface area contributed by atoms with Crippen molar-refractivity contribution in [2.24, 2.45) is 5.73 Å². The van der Waals surface area contributed by atoms with Gasteiger partial charge in [0.15, 0.2) is 0 Å². The summed E-state index contributed by atoms with van der Waals surface area (Å²) in [6.45, 7) is 2.78. The molecule has 1 aromatic rings. The van der Waals surface area contributed by atoms with Crippen LogP contribution >= 0.6 is 24.0 Å². The van der Waals surface area contributed by atoms with Crippen molar-refractivity contribution in [3.05, 3.63) is 34.6 Å². The Hall–Kier alpha value is -0.880. The van der Waals surface area contributed by atoms with Crippen LogP contribution < -0.4 is 11.1 Å². The molecule has 0 bridgehead atoms. The van der Waals surface area contributed by atoms with Gasteiger partial charge in [0.25, 0.3) is 0 Å². The van der Waals surface area contributed by atoms with Crippen LogP contribution in [-0.2, 0) is 9.53 Å². The lowest BCUT2D eigenvalue weighted by atomic mass is 9.90. The Bertz CT molecular complexity index is 508. The molecule has 1 heterocycles. The van der Waals surface area contributed by atoms with E-state index in [1.165, 1.54) is 12.1 Å². The fourth-order valence-corrected chi connectivity index (χ4v) is 2.36. The van der Waals surface area contributed by atoms with Gasteiger partial charge in [0.2, 0.25) is 5.91 Å². The van der Waals surface area contributed by atoms with Crippen LogP contribution in [0, 0.1) is 5.82 Å². The predicted molar refractivity (Wildman–Crippen MR) is 82.2 cm³/mol. The second kappa shape index (κ2) is 7.40. The van der Waals surface area contributed by atoms with Crippen LogP contribution in [0.25, 0.3) is 0 Å². The van der Waals surface area contributed by atoms with E-state index in [0.717, 1.165) is 5.56 Å². The Morgan fingerprint density at radius 3 is 2.67 bits per heavy atom. The number of carbonyl (C=O) groups is 1. The molecule has 0 aliphatic carbocycles. The van der Waals surface area contributed by atoms with Crippen LogP contribution in [0.15, 0.2) is 18.2 Å². The maximum Gasteiger partial charge on any atom is 0.240 e. The molecular formula is C14H19Cl2FN2O2. The Morgan fingerprint density at radius 1 is 1.48 bits per heavy atom. The summed E-state index contributed by atoms with van der Waals surface area (Å²) in [7, 11) is 0. The molecular weight excluding hydrogens is 318 g/mol. The zero-order chi connectivity index (χ0) is 14.8. The summed E-state index contributed by atoms with van der Waals surface area (Å²) in [5.74, 6) is -0.692. The van der Waals surface area contributed by atoms with E-state index in [1.54, 1.807) is 6.07 Å². The van der Waals surface area contributed by atoms with Crippen molar-refractivity contribution in [1.29, 1.82) is 0 Å². The van der Waals surface area contributed by atoms with Gasteiger partial charge in [-0.05, 0) is 37.5 Å². The number of amides is 1. The standard InChI is InChI=1S/C14H18ClFN2O2.ClH/c1-9(10-2-3-12(16)11(15)8-10)18-13(19)14(17)4-6-20-7-5-14;/h2-3,8-9H,4-7,17H2,1H3,(H,18,19);1H. The summed E-state index contributed by atoms with van der Waals surface area (Å²) >= 11 is 5.74. The molecule has 2 rings (SSSR count). The van der Waals surface area contributed by atoms with E-state index >= 15 is 0 Å². The SMILES string of the molecule is CC(NC(=O)C1(N)CCOCC1)c1ccc(F)c(Cl)c1.Cl. The average Bonchev–Trinajstić information content (AvgIpc) is 2.42. The summed E-state index contributed by atoms with van der Waals surface area (Å²) in [6.07, 6.45) is 0.992. The molecule has 1 aliphatic heterocycles. The number of halogens is 3. The Kier molecular flexibility index (Phi) is 6.41. The van der Waals surface area contributed by atoms with Crippen molar-refractivity contribution in [2.45, 2.75) is 31.3 Å². The number of nitrogens with two attached hydrogens (primary N) is 1. The summed E-state index contributed by atoms with van der Waals surface area (Å²) in [5, 5.41) is 2.89. The molecule has 0 aromatic heterocycles. The van der Waals surface area contributed by atoms with Crippen LogP contribution in [0.4, 0.5) is 4.39 Å². The third-order valence-electron chi connectivity index (χ3n) is 3.63. The normalized spacial score (nSPS) is 18.5. The third kappa shape index (κ3) is 4.30. The highest BCUT2D eigenvalue weighted by Crippen LogP contribution is 2.23. The fraction of sp³-hybridized carbons (Fsp3) is 0.500. The molecule has 1 aliphatic rings. The number of nitrogens with one attached hydrogen (secondary N) is 1. The minimum atomic E-state index is -0.893. The van der Waals surface area contributed by atoms with E-state index in [-0.39, 0.29) is 29.4 Å². The zero-order valence-electron chi connectivity index (χ0n) is 11.7. The molecule has 0 saturated carbocycles. The van der Waals surface area contributed by atoms with Crippen molar-refractivity contribution >= 4 is 29.9 Å². The Labute approximate surface area is 134 Å². The van der Waals surface area contributed by atoms with Gasteiger partial charge in [-0.3, -0.25) is 4.79 Å². The highest BCUT2D eigenvalue weighted by Gasteiger charge is 2.36. The minimum Gasteiger partial charge on any atom is -0.381 e. The highest BCUT2D eigenvalue weighted by atomic mass is 35.5. The first-order chi connectivity index (χ1) is 9.42. The molecule has 4 nitrogen and oxygen atoms in total. The molecule has 118 valence electrons. The van der Waals surface area contributed by atoms with Gasteiger partial charge in [-0.2, -0.15) is 0 Å². The van der Waals surface area contributed by atoms with E-state index in [9.17, 15) is 9.18 Å². The van der Waals surface area contributed by atoms with Gasteiger partial charge in [0.1, 0.15) is 5.82 Å². The van der Waals surface area contributed by atoms with E-state index in [1.807, 2.05) is 6.92 Å². The molecule has 0 radical (unpaired) electrons. The number of rotatable bonds is 3. The number of ether oxygens (including phenoxy) is 1. The van der Waals surface area contributed by atoms with E-state index in [4.69, 9.17) is 22.1 Å². The lowest BCUT2D eigenvalue weighted by molar-refractivity contribution is -0.130. The van der Waals surface area contributed by atoms with Crippen LogP contribution in [0.2, 0.25) is 5.02 Å². The van der Waals surface area contributed by atoms with Gasteiger partial charge in [-0.25, -0.2) is 4.39 Å². The van der Waals surface area contributed by atoms with Crippen molar-refractivity contribution in [2.75, 3.05) is 13.2 Å². The van der Waals surface area contributed by atoms with E-state index in [2.05, 4.69) is 5.32 Å². The minimum absolute atomic E-state index is 0. The summed E-state index contributed by atoms with van der Waals surface area (Å²) < 4.78 is 18.3. The third-order valence-corrected chi connectivity index (χ3v) is 3.92. The maximum absolute atomic E-state index is 13.1. The molecule has 1 fully saturated rings. The average molecular weight is 337 g/mol. The second-order valence-electron chi connectivity index (χ2n) is 5.14. The molecule has 1 aromatic carbocycles. The summed E-state index contributed by atoms with van der Waals surface area (Å²) in [4.78, 5) is 12.3. The largest absolute Gasteiger partial charge is 0.381 e. The van der Waals surface area contributed by atoms with Gasteiger partial charge in [-0.15, -0.1) is 12.4 Å². The van der Waals surface area contributed by atoms with Gasteiger partial charge in [0.05, 0.1) is 16.6 Å². The second-order valence-corrected chi connectivity index (χ2v) is 5.54. The summed E-state index contributed by atoms with van der Waals surface area (Å²) in [6, 6.07) is 4.10. The smallest absolute Gasteiger partial charge is 0.240 e. The molecule has 3 N–H and O–H groups in total. The molecule has 1 atom stereocenters. The van der Waals surface area contributed by atoms with Gasteiger partial charge < -0.3 is 15.8 Å². The maximum atomic E-state index is 13.1. The van der Waals surface area contributed by atoms with Gasteiger partial charge >= 0.3 is 0 Å². The van der Waals surface area contributed by atoms with Crippen molar-refractivity contribution < 1.29 is 13.9 Å². The van der Waals surface area contributed by atoms with E-state index in [0.29, 0.717) is 26.1 Å². The number of carbonyl (C=O) groups excluding carboxylic acids is 1. The number of hydrogen-bond donors (Lipinski definition) is 2. The van der Waals surface area contributed by atoms with Crippen molar-refractivity contribution in [3.8, 4) is 0 Å². The van der Waals surface area contributed by atoms with Crippen LogP contribution in [-0.4, -0.2) is 24.7 Å².